The van der Waals surface area contributed by atoms with E-state index in [4.69, 9.17) is 4.74 Å². The Hall–Kier alpha value is -2.32. The number of hydrogen-bond donors (Lipinski definition) is 1. The third-order valence-electron chi connectivity index (χ3n) is 6.91. The molecule has 2 fully saturated rings. The monoisotopic (exact) mass is 407 g/mol. The smallest absolute Gasteiger partial charge is 0.224 e. The number of nitriles is 1. The number of nitrogens with zero attached hydrogens (tertiary/aromatic N) is 2. The first-order valence-electron chi connectivity index (χ1n) is 11.5. The van der Waals surface area contributed by atoms with Crippen molar-refractivity contribution in [1.82, 2.24) is 4.57 Å². The molecule has 2 aliphatic rings. The minimum atomic E-state index is 0.0606. The van der Waals surface area contributed by atoms with Crippen LogP contribution in [0.5, 0.6) is 0 Å². The van der Waals surface area contributed by atoms with E-state index in [1.807, 2.05) is 24.4 Å². The number of rotatable bonds is 7. The van der Waals surface area contributed by atoms with E-state index >= 15 is 0 Å². The zero-order chi connectivity index (χ0) is 21.0. The highest BCUT2D eigenvalue weighted by Gasteiger charge is 2.33. The fourth-order valence-electron chi connectivity index (χ4n) is 4.91. The molecule has 0 spiro atoms. The molecule has 0 atom stereocenters. The Morgan fingerprint density at radius 1 is 1.27 bits per heavy atom. The zero-order valence-electron chi connectivity index (χ0n) is 18.1. The summed E-state index contributed by atoms with van der Waals surface area (Å²) in [5.41, 5.74) is 2.62. The van der Waals surface area contributed by atoms with E-state index < -0.39 is 0 Å². The lowest BCUT2D eigenvalue weighted by Gasteiger charge is -2.38. The molecule has 5 nitrogen and oxygen atoms in total. The van der Waals surface area contributed by atoms with Crippen molar-refractivity contribution in [2.24, 2.45) is 11.3 Å². The maximum absolute atomic E-state index is 12.7. The number of benzene rings is 1. The summed E-state index contributed by atoms with van der Waals surface area (Å²) in [5, 5.41) is 13.6. The van der Waals surface area contributed by atoms with E-state index in [1.165, 1.54) is 38.5 Å². The summed E-state index contributed by atoms with van der Waals surface area (Å²) in [6.45, 7) is 4.71. The van der Waals surface area contributed by atoms with E-state index in [0.29, 0.717) is 17.9 Å². The van der Waals surface area contributed by atoms with E-state index in [1.54, 1.807) is 0 Å². The van der Waals surface area contributed by atoms with Crippen LogP contribution in [0, 0.1) is 22.7 Å². The van der Waals surface area contributed by atoms with Gasteiger partial charge in [-0.05, 0) is 30.9 Å². The van der Waals surface area contributed by atoms with Gasteiger partial charge in [0, 0.05) is 30.0 Å². The molecule has 1 amide bonds. The SMILES string of the molecule is CC1(CCn2cc(NC(=O)CCC3CCCCCC3)c3c(C#N)cccc32)COC1. The van der Waals surface area contributed by atoms with Crippen LogP contribution in [-0.4, -0.2) is 23.7 Å². The fraction of sp³-hybridized carbons (Fsp3) is 0.600. The van der Waals surface area contributed by atoms with Gasteiger partial charge in [0.1, 0.15) is 0 Å². The average Bonchev–Trinajstić information content (AvgIpc) is 2.90. The lowest BCUT2D eigenvalue weighted by Crippen LogP contribution is -2.40. The summed E-state index contributed by atoms with van der Waals surface area (Å²) < 4.78 is 7.56. The van der Waals surface area contributed by atoms with Crippen LogP contribution in [0.1, 0.15) is 70.3 Å². The molecular formula is C25H33N3O2. The topological polar surface area (TPSA) is 67.0 Å². The number of fused-ring (bicyclic) bond motifs is 1. The maximum atomic E-state index is 12.7. The molecule has 0 bridgehead atoms. The third-order valence-corrected chi connectivity index (χ3v) is 6.91. The second kappa shape index (κ2) is 9.22. The summed E-state index contributed by atoms with van der Waals surface area (Å²) in [7, 11) is 0. The molecule has 1 saturated heterocycles. The summed E-state index contributed by atoms with van der Waals surface area (Å²) in [5.74, 6) is 0.741. The largest absolute Gasteiger partial charge is 0.380 e. The first-order valence-corrected chi connectivity index (χ1v) is 11.5. The fourth-order valence-corrected chi connectivity index (χ4v) is 4.91. The van der Waals surface area contributed by atoms with Crippen LogP contribution < -0.4 is 5.32 Å². The molecule has 1 aromatic heterocycles. The minimum Gasteiger partial charge on any atom is -0.380 e. The van der Waals surface area contributed by atoms with Crippen molar-refractivity contribution in [3.63, 3.8) is 0 Å². The molecule has 5 heteroatoms. The van der Waals surface area contributed by atoms with Crippen molar-refractivity contribution in [3.05, 3.63) is 30.0 Å². The summed E-state index contributed by atoms with van der Waals surface area (Å²) >= 11 is 0. The number of aromatic nitrogens is 1. The van der Waals surface area contributed by atoms with E-state index in [0.717, 1.165) is 49.2 Å². The normalized spacial score (nSPS) is 19.1. The van der Waals surface area contributed by atoms with Crippen molar-refractivity contribution >= 4 is 22.5 Å². The lowest BCUT2D eigenvalue weighted by molar-refractivity contribution is -0.116. The van der Waals surface area contributed by atoms with E-state index in [-0.39, 0.29) is 11.3 Å². The van der Waals surface area contributed by atoms with Crippen LogP contribution >= 0.6 is 0 Å². The van der Waals surface area contributed by atoms with Crippen LogP contribution in [0.25, 0.3) is 10.9 Å². The molecule has 1 aromatic carbocycles. The highest BCUT2D eigenvalue weighted by atomic mass is 16.5. The van der Waals surface area contributed by atoms with Gasteiger partial charge in [-0.3, -0.25) is 4.79 Å². The number of hydrogen-bond acceptors (Lipinski definition) is 3. The van der Waals surface area contributed by atoms with E-state index in [9.17, 15) is 10.1 Å². The molecule has 1 saturated carbocycles. The van der Waals surface area contributed by atoms with Crippen molar-refractivity contribution < 1.29 is 9.53 Å². The number of carbonyl (C=O) groups excluding carboxylic acids is 1. The number of aryl methyl sites for hydroxylation is 1. The van der Waals surface area contributed by atoms with Gasteiger partial charge in [-0.25, -0.2) is 0 Å². The van der Waals surface area contributed by atoms with E-state index in [2.05, 4.69) is 22.9 Å². The number of nitrogens with one attached hydrogen (secondary N) is 1. The molecule has 2 aromatic rings. The summed E-state index contributed by atoms with van der Waals surface area (Å²) in [6, 6.07) is 8.08. The predicted molar refractivity (Wildman–Crippen MR) is 119 cm³/mol. The van der Waals surface area contributed by atoms with Crippen LogP contribution in [0.3, 0.4) is 0 Å². The van der Waals surface area contributed by atoms with Gasteiger partial charge in [0.05, 0.1) is 36.1 Å². The molecule has 0 unspecified atom stereocenters. The van der Waals surface area contributed by atoms with Crippen molar-refractivity contribution in [3.8, 4) is 6.07 Å². The molecular weight excluding hydrogens is 374 g/mol. The molecule has 1 aliphatic carbocycles. The molecule has 0 radical (unpaired) electrons. The zero-order valence-corrected chi connectivity index (χ0v) is 18.1. The minimum absolute atomic E-state index is 0.0606. The van der Waals surface area contributed by atoms with Gasteiger partial charge in [-0.15, -0.1) is 0 Å². The van der Waals surface area contributed by atoms with Crippen LogP contribution in [0.15, 0.2) is 24.4 Å². The first-order chi connectivity index (χ1) is 14.6. The highest BCUT2D eigenvalue weighted by molar-refractivity contribution is 6.04. The number of carbonyl (C=O) groups is 1. The predicted octanol–water partition coefficient (Wildman–Crippen LogP) is 5.63. The molecule has 30 heavy (non-hydrogen) atoms. The molecule has 1 N–H and O–H groups in total. The maximum Gasteiger partial charge on any atom is 0.224 e. The van der Waals surface area contributed by atoms with Gasteiger partial charge >= 0.3 is 0 Å². The van der Waals surface area contributed by atoms with Gasteiger partial charge in [-0.2, -0.15) is 5.26 Å². The Kier molecular flexibility index (Phi) is 6.43. The number of anilines is 1. The van der Waals surface area contributed by atoms with Gasteiger partial charge in [0.15, 0.2) is 0 Å². The molecule has 2 heterocycles. The summed E-state index contributed by atoms with van der Waals surface area (Å²) in [6.07, 6.45) is 12.3. The standard InChI is InChI=1S/C25H33N3O2/c1-25(17-30-18-25)13-14-28-16-21(24-20(15-26)9-6-10-22(24)28)27-23(29)12-11-19-7-4-2-3-5-8-19/h6,9-10,16,19H,2-5,7-8,11-14,17-18H2,1H3,(H,27,29). The van der Waals surface area contributed by atoms with Crippen LogP contribution in [0.2, 0.25) is 0 Å². The second-order valence-corrected chi connectivity index (χ2v) is 9.55. The Morgan fingerprint density at radius 3 is 2.70 bits per heavy atom. The van der Waals surface area contributed by atoms with Crippen molar-refractivity contribution in [2.45, 2.75) is 71.3 Å². The second-order valence-electron chi connectivity index (χ2n) is 9.55. The first kappa shape index (κ1) is 20.9. The lowest BCUT2D eigenvalue weighted by atomic mass is 9.85. The quantitative estimate of drug-likeness (QED) is 0.605. The van der Waals surface area contributed by atoms with Gasteiger partial charge in [0.25, 0.3) is 0 Å². The third kappa shape index (κ3) is 4.70. The van der Waals surface area contributed by atoms with Crippen molar-refractivity contribution in [1.29, 1.82) is 5.26 Å². The Bertz CT molecular complexity index is 928. The van der Waals surface area contributed by atoms with Gasteiger partial charge < -0.3 is 14.6 Å². The number of amides is 1. The highest BCUT2D eigenvalue weighted by Crippen LogP contribution is 2.34. The Morgan fingerprint density at radius 2 is 2.03 bits per heavy atom. The molecule has 1 aliphatic heterocycles. The Balaban J connectivity index is 1.48. The molecule has 160 valence electrons. The van der Waals surface area contributed by atoms with Crippen LogP contribution in [-0.2, 0) is 16.1 Å². The number of ether oxygens (including phenoxy) is 1. The molecule has 4 rings (SSSR count). The van der Waals surface area contributed by atoms with Gasteiger partial charge in [0.2, 0.25) is 5.91 Å². The summed E-state index contributed by atoms with van der Waals surface area (Å²) in [4.78, 5) is 12.7. The van der Waals surface area contributed by atoms with Gasteiger partial charge in [-0.1, -0.05) is 51.5 Å². The average molecular weight is 408 g/mol. The van der Waals surface area contributed by atoms with Crippen molar-refractivity contribution in [2.75, 3.05) is 18.5 Å². The van der Waals surface area contributed by atoms with Crippen LogP contribution in [0.4, 0.5) is 5.69 Å². The Labute approximate surface area is 179 Å².